The van der Waals surface area contributed by atoms with Crippen LogP contribution in [0, 0.1) is 11.3 Å². The highest BCUT2D eigenvalue weighted by Crippen LogP contribution is 2.09. The Morgan fingerprint density at radius 2 is 1.93 bits per heavy atom. The molecule has 1 N–H and O–H groups in total. The Hall–Kier alpha value is -1.13. The van der Waals surface area contributed by atoms with E-state index in [0.717, 1.165) is 7.05 Å². The maximum atomic E-state index is 11.4. The predicted molar refractivity (Wildman–Crippen MR) is 48.9 cm³/mol. The number of rotatable bonds is 4. The van der Waals surface area contributed by atoms with Crippen molar-refractivity contribution >= 4 is 16.0 Å². The number of carboxylic acid groups (broad SMARTS) is 1. The molecule has 0 saturated heterocycles. The Morgan fingerprint density at radius 1 is 1.50 bits per heavy atom. The van der Waals surface area contributed by atoms with Crippen LogP contribution in [-0.2, 0) is 14.8 Å². The first-order valence-electron chi connectivity index (χ1n) is 3.84. The molecule has 0 heterocycles. The maximum Gasteiger partial charge on any atom is 0.321 e. The minimum Gasteiger partial charge on any atom is -0.480 e. The van der Waals surface area contributed by atoms with Crippen molar-refractivity contribution in [2.45, 2.75) is 25.1 Å². The SMILES string of the molecule is CC(C(=O)O)N(C)S(=O)(=O)C(C)C#N. The second-order valence-electron chi connectivity index (χ2n) is 2.85. The van der Waals surface area contributed by atoms with E-state index in [1.165, 1.54) is 13.8 Å². The molecule has 0 bridgehead atoms. The molecule has 0 amide bonds. The largest absolute Gasteiger partial charge is 0.480 e. The van der Waals surface area contributed by atoms with Gasteiger partial charge in [-0.15, -0.1) is 0 Å². The van der Waals surface area contributed by atoms with Crippen LogP contribution in [0.25, 0.3) is 0 Å². The van der Waals surface area contributed by atoms with E-state index in [0.29, 0.717) is 4.31 Å². The van der Waals surface area contributed by atoms with E-state index in [1.54, 1.807) is 6.07 Å². The van der Waals surface area contributed by atoms with Crippen molar-refractivity contribution in [2.75, 3.05) is 7.05 Å². The van der Waals surface area contributed by atoms with Crippen molar-refractivity contribution < 1.29 is 18.3 Å². The fourth-order valence-electron chi connectivity index (χ4n) is 0.692. The van der Waals surface area contributed by atoms with E-state index in [2.05, 4.69) is 0 Å². The van der Waals surface area contributed by atoms with Crippen molar-refractivity contribution in [1.82, 2.24) is 4.31 Å². The van der Waals surface area contributed by atoms with E-state index >= 15 is 0 Å². The lowest BCUT2D eigenvalue weighted by Crippen LogP contribution is -2.43. The molecule has 0 aromatic rings. The monoisotopic (exact) mass is 220 g/mol. The van der Waals surface area contributed by atoms with Gasteiger partial charge in [-0.3, -0.25) is 4.79 Å². The van der Waals surface area contributed by atoms with Gasteiger partial charge >= 0.3 is 5.97 Å². The molecule has 7 heteroatoms. The predicted octanol–water partition coefficient (Wildman–Crippen LogP) is -0.367. The van der Waals surface area contributed by atoms with Crippen molar-refractivity contribution in [3.63, 3.8) is 0 Å². The molecule has 0 aliphatic heterocycles. The molecule has 0 aliphatic rings. The Morgan fingerprint density at radius 3 is 2.21 bits per heavy atom. The molecule has 0 fully saturated rings. The van der Waals surface area contributed by atoms with Gasteiger partial charge < -0.3 is 5.11 Å². The number of aliphatic carboxylic acids is 1. The Bertz CT molecular complexity index is 356. The number of carboxylic acids is 1. The Balaban J connectivity index is 4.97. The third-order valence-electron chi connectivity index (χ3n) is 1.93. The van der Waals surface area contributed by atoms with Crippen LogP contribution < -0.4 is 0 Å². The zero-order valence-corrected chi connectivity index (χ0v) is 8.95. The van der Waals surface area contributed by atoms with Crippen LogP contribution in [0.4, 0.5) is 0 Å². The lowest BCUT2D eigenvalue weighted by Gasteiger charge is -2.21. The van der Waals surface area contributed by atoms with Crippen molar-refractivity contribution in [3.8, 4) is 6.07 Å². The summed E-state index contributed by atoms with van der Waals surface area (Å²) in [5.74, 6) is -1.25. The smallest absolute Gasteiger partial charge is 0.321 e. The highest BCUT2D eigenvalue weighted by molar-refractivity contribution is 7.90. The van der Waals surface area contributed by atoms with Crippen LogP contribution >= 0.6 is 0 Å². The van der Waals surface area contributed by atoms with Crippen LogP contribution in [0.15, 0.2) is 0 Å². The van der Waals surface area contributed by atoms with Gasteiger partial charge in [-0.2, -0.15) is 9.57 Å². The van der Waals surface area contributed by atoms with Crippen LogP contribution in [0.5, 0.6) is 0 Å². The van der Waals surface area contributed by atoms with Crippen LogP contribution in [0.1, 0.15) is 13.8 Å². The van der Waals surface area contributed by atoms with Gasteiger partial charge in [0, 0.05) is 7.05 Å². The van der Waals surface area contributed by atoms with E-state index in [-0.39, 0.29) is 0 Å². The van der Waals surface area contributed by atoms with Gasteiger partial charge in [0.15, 0.2) is 5.25 Å². The molecule has 0 rings (SSSR count). The summed E-state index contributed by atoms with van der Waals surface area (Å²) in [5, 5.41) is 15.8. The fourth-order valence-corrected chi connectivity index (χ4v) is 1.85. The standard InChI is InChI=1S/C7H12N2O4S/c1-5(4-8)14(12,13)9(3)6(2)7(10)11/h5-6H,1-3H3,(H,10,11). The first kappa shape index (κ1) is 12.9. The third-order valence-corrected chi connectivity index (χ3v) is 4.05. The number of likely N-dealkylation sites (N-methyl/N-ethyl adjacent to an activating group) is 1. The molecule has 0 aromatic heterocycles. The topological polar surface area (TPSA) is 98.5 Å². The third kappa shape index (κ3) is 2.43. The average Bonchev–Trinajstić information content (AvgIpc) is 2.13. The molecular weight excluding hydrogens is 208 g/mol. The van der Waals surface area contributed by atoms with Gasteiger partial charge in [0.05, 0.1) is 6.07 Å². The molecule has 80 valence electrons. The van der Waals surface area contributed by atoms with Crippen LogP contribution in [-0.4, -0.2) is 42.1 Å². The molecule has 14 heavy (non-hydrogen) atoms. The van der Waals surface area contributed by atoms with Crippen molar-refractivity contribution in [1.29, 1.82) is 5.26 Å². The molecule has 6 nitrogen and oxygen atoms in total. The molecule has 0 aromatic carbocycles. The van der Waals surface area contributed by atoms with E-state index in [4.69, 9.17) is 10.4 Å². The molecule has 2 unspecified atom stereocenters. The molecule has 0 aliphatic carbocycles. The van der Waals surface area contributed by atoms with Crippen LogP contribution in [0.3, 0.4) is 0 Å². The molecular formula is C7H12N2O4S. The molecule has 0 radical (unpaired) electrons. The number of hydrogen-bond acceptors (Lipinski definition) is 4. The molecule has 2 atom stereocenters. The summed E-state index contributed by atoms with van der Waals surface area (Å²) < 4.78 is 23.6. The maximum absolute atomic E-state index is 11.4. The van der Waals surface area contributed by atoms with Gasteiger partial charge in [0.1, 0.15) is 6.04 Å². The highest BCUT2D eigenvalue weighted by Gasteiger charge is 2.32. The fraction of sp³-hybridized carbons (Fsp3) is 0.714. The lowest BCUT2D eigenvalue weighted by atomic mass is 10.4. The van der Waals surface area contributed by atoms with Gasteiger partial charge in [-0.1, -0.05) is 0 Å². The average molecular weight is 220 g/mol. The summed E-state index contributed by atoms with van der Waals surface area (Å²) in [5.41, 5.74) is 0. The van der Waals surface area contributed by atoms with Gasteiger partial charge in [0.2, 0.25) is 10.0 Å². The second-order valence-corrected chi connectivity index (χ2v) is 5.16. The molecule has 0 saturated carbocycles. The van der Waals surface area contributed by atoms with Gasteiger partial charge in [-0.25, -0.2) is 8.42 Å². The summed E-state index contributed by atoms with van der Waals surface area (Å²) in [4.78, 5) is 10.5. The summed E-state index contributed by atoms with van der Waals surface area (Å²) in [6.07, 6.45) is 0. The normalized spacial score (nSPS) is 15.9. The summed E-state index contributed by atoms with van der Waals surface area (Å²) in [6.45, 7) is 2.45. The number of carbonyl (C=O) groups is 1. The first-order chi connectivity index (χ1) is 6.25. The number of sulfonamides is 1. The quantitative estimate of drug-likeness (QED) is 0.697. The summed E-state index contributed by atoms with van der Waals surface area (Å²) in [6, 6.07) is 0.387. The van der Waals surface area contributed by atoms with E-state index in [1.807, 2.05) is 0 Å². The number of hydrogen-bond donors (Lipinski definition) is 1. The summed E-state index contributed by atoms with van der Waals surface area (Å²) >= 11 is 0. The van der Waals surface area contributed by atoms with E-state index in [9.17, 15) is 13.2 Å². The number of nitriles is 1. The Kier molecular flexibility index (Phi) is 4.04. The van der Waals surface area contributed by atoms with Crippen molar-refractivity contribution in [2.24, 2.45) is 0 Å². The summed E-state index contributed by atoms with van der Waals surface area (Å²) in [7, 11) is -2.70. The lowest BCUT2D eigenvalue weighted by molar-refractivity contribution is -0.140. The first-order valence-corrected chi connectivity index (χ1v) is 5.34. The zero-order chi connectivity index (χ0) is 11.5. The Labute approximate surface area is 82.8 Å². The minimum absolute atomic E-state index is 0.684. The number of nitrogens with zero attached hydrogens (tertiary/aromatic N) is 2. The zero-order valence-electron chi connectivity index (χ0n) is 8.13. The van der Waals surface area contributed by atoms with Crippen molar-refractivity contribution in [3.05, 3.63) is 0 Å². The van der Waals surface area contributed by atoms with Gasteiger partial charge in [0.25, 0.3) is 0 Å². The van der Waals surface area contributed by atoms with Gasteiger partial charge in [-0.05, 0) is 13.8 Å². The second kappa shape index (κ2) is 4.39. The van der Waals surface area contributed by atoms with E-state index < -0.39 is 27.3 Å². The minimum atomic E-state index is -3.84. The molecule has 0 spiro atoms. The van der Waals surface area contributed by atoms with Crippen LogP contribution in [0.2, 0.25) is 0 Å². The highest BCUT2D eigenvalue weighted by atomic mass is 32.2.